The lowest BCUT2D eigenvalue weighted by Crippen LogP contribution is -2.09. The molecule has 1 aromatic heterocycles. The summed E-state index contributed by atoms with van der Waals surface area (Å²) in [6.45, 7) is 1.95. The Morgan fingerprint density at radius 1 is 1.13 bits per heavy atom. The van der Waals surface area contributed by atoms with Crippen molar-refractivity contribution >= 4 is 33.9 Å². The summed E-state index contributed by atoms with van der Waals surface area (Å²) in [5.74, 6) is 0. The number of para-hydroxylation sites is 1. The number of hydrogen-bond acceptors (Lipinski definition) is 4. The monoisotopic (exact) mass is 327 g/mol. The predicted octanol–water partition coefficient (Wildman–Crippen LogP) is 4.97. The Bertz CT molecular complexity index is 868. The third-order valence-corrected chi connectivity index (χ3v) is 3.93. The molecule has 116 valence electrons. The highest BCUT2D eigenvalue weighted by atomic mass is 35.5. The van der Waals surface area contributed by atoms with Crippen molar-refractivity contribution in [1.82, 2.24) is 4.98 Å². The molecule has 0 saturated heterocycles. The molecule has 1 atom stereocenters. The SMILES string of the molecule is C[C@H](Nc1c([N+](=O)[O-])c(Cl)nc2ccccc12)c1ccccc1. The molecule has 0 saturated carbocycles. The molecule has 0 unspecified atom stereocenters. The van der Waals surface area contributed by atoms with Gasteiger partial charge in [0, 0.05) is 11.4 Å². The Balaban J connectivity index is 2.14. The molecular formula is C17H14ClN3O2. The van der Waals surface area contributed by atoms with Gasteiger partial charge in [0.25, 0.3) is 0 Å². The number of pyridine rings is 1. The standard InChI is InChI=1S/C17H14ClN3O2/c1-11(12-7-3-2-4-8-12)19-15-13-9-5-6-10-14(13)20-17(18)16(15)21(22)23/h2-11H,1H3,(H,19,20)/t11-/m0/s1. The van der Waals surface area contributed by atoms with Gasteiger partial charge in [-0.1, -0.05) is 60.1 Å². The van der Waals surface area contributed by atoms with Gasteiger partial charge in [-0.15, -0.1) is 0 Å². The van der Waals surface area contributed by atoms with Crippen molar-refractivity contribution in [2.24, 2.45) is 0 Å². The van der Waals surface area contributed by atoms with Gasteiger partial charge in [-0.05, 0) is 18.6 Å². The molecular weight excluding hydrogens is 314 g/mol. The zero-order valence-electron chi connectivity index (χ0n) is 12.4. The molecule has 0 radical (unpaired) electrons. The largest absolute Gasteiger partial charge is 0.372 e. The number of nitrogens with one attached hydrogen (secondary N) is 1. The number of halogens is 1. The van der Waals surface area contributed by atoms with E-state index in [0.717, 1.165) is 5.56 Å². The topological polar surface area (TPSA) is 68.1 Å². The normalized spacial score (nSPS) is 12.1. The lowest BCUT2D eigenvalue weighted by atomic mass is 10.1. The summed E-state index contributed by atoms with van der Waals surface area (Å²) in [6.07, 6.45) is 0. The first-order valence-electron chi connectivity index (χ1n) is 7.12. The minimum atomic E-state index is -0.498. The Morgan fingerprint density at radius 3 is 2.48 bits per heavy atom. The first kappa shape index (κ1) is 15.2. The smallest absolute Gasteiger partial charge is 0.329 e. The first-order valence-corrected chi connectivity index (χ1v) is 7.50. The number of nitrogens with zero attached hydrogens (tertiary/aromatic N) is 2. The van der Waals surface area contributed by atoms with E-state index in [1.54, 1.807) is 12.1 Å². The maximum absolute atomic E-state index is 11.4. The van der Waals surface area contributed by atoms with Crippen LogP contribution in [0.25, 0.3) is 10.9 Å². The van der Waals surface area contributed by atoms with Crippen LogP contribution in [0, 0.1) is 10.1 Å². The van der Waals surface area contributed by atoms with Crippen LogP contribution in [0.15, 0.2) is 54.6 Å². The van der Waals surface area contributed by atoms with Crippen molar-refractivity contribution in [3.05, 3.63) is 75.4 Å². The summed E-state index contributed by atoms with van der Waals surface area (Å²) in [6, 6.07) is 16.8. The number of nitro groups is 1. The second-order valence-corrected chi connectivity index (χ2v) is 5.54. The fourth-order valence-electron chi connectivity index (χ4n) is 2.53. The Morgan fingerprint density at radius 2 is 1.78 bits per heavy atom. The van der Waals surface area contributed by atoms with E-state index in [1.165, 1.54) is 0 Å². The Hall–Kier alpha value is -2.66. The molecule has 23 heavy (non-hydrogen) atoms. The molecule has 2 aromatic carbocycles. The van der Waals surface area contributed by atoms with E-state index in [0.29, 0.717) is 16.6 Å². The molecule has 0 fully saturated rings. The number of benzene rings is 2. The average molecular weight is 328 g/mol. The van der Waals surface area contributed by atoms with Crippen LogP contribution < -0.4 is 5.32 Å². The highest BCUT2D eigenvalue weighted by molar-refractivity contribution is 6.33. The van der Waals surface area contributed by atoms with Crippen molar-refractivity contribution in [3.63, 3.8) is 0 Å². The van der Waals surface area contributed by atoms with Crippen molar-refractivity contribution in [1.29, 1.82) is 0 Å². The van der Waals surface area contributed by atoms with E-state index in [2.05, 4.69) is 10.3 Å². The van der Waals surface area contributed by atoms with Crippen LogP contribution in [0.3, 0.4) is 0 Å². The molecule has 6 heteroatoms. The van der Waals surface area contributed by atoms with Crippen molar-refractivity contribution in [2.45, 2.75) is 13.0 Å². The van der Waals surface area contributed by atoms with Gasteiger partial charge in [0.15, 0.2) is 0 Å². The lowest BCUT2D eigenvalue weighted by Gasteiger charge is -2.17. The van der Waals surface area contributed by atoms with Crippen molar-refractivity contribution in [2.75, 3.05) is 5.32 Å². The quantitative estimate of drug-likeness (QED) is 0.417. The van der Waals surface area contributed by atoms with E-state index < -0.39 is 4.92 Å². The van der Waals surface area contributed by atoms with E-state index in [4.69, 9.17) is 11.6 Å². The third kappa shape index (κ3) is 2.96. The van der Waals surface area contributed by atoms with Crippen molar-refractivity contribution in [3.8, 4) is 0 Å². The van der Waals surface area contributed by atoms with E-state index in [9.17, 15) is 10.1 Å². The molecule has 0 aliphatic heterocycles. The fourth-order valence-corrected chi connectivity index (χ4v) is 2.78. The second-order valence-electron chi connectivity index (χ2n) is 5.18. The van der Waals surface area contributed by atoms with Gasteiger partial charge in [0.1, 0.15) is 5.69 Å². The summed E-state index contributed by atoms with van der Waals surface area (Å²) < 4.78 is 0. The fraction of sp³-hybridized carbons (Fsp3) is 0.118. The van der Waals surface area contributed by atoms with Gasteiger partial charge in [-0.3, -0.25) is 10.1 Å². The summed E-state index contributed by atoms with van der Waals surface area (Å²) in [4.78, 5) is 15.1. The number of hydrogen-bond donors (Lipinski definition) is 1. The van der Waals surface area contributed by atoms with Gasteiger partial charge >= 0.3 is 5.69 Å². The molecule has 3 aromatic rings. The van der Waals surface area contributed by atoms with Crippen LogP contribution in [0.2, 0.25) is 5.15 Å². The molecule has 0 aliphatic carbocycles. The predicted molar refractivity (Wildman–Crippen MR) is 91.9 cm³/mol. The van der Waals surface area contributed by atoms with E-state index in [1.807, 2.05) is 49.4 Å². The summed E-state index contributed by atoms with van der Waals surface area (Å²) in [5.41, 5.74) is 1.83. The molecule has 0 bridgehead atoms. The van der Waals surface area contributed by atoms with Gasteiger partial charge in [-0.2, -0.15) is 0 Å². The average Bonchev–Trinajstić information content (AvgIpc) is 2.55. The second kappa shape index (κ2) is 6.22. The minimum absolute atomic E-state index is 0.114. The lowest BCUT2D eigenvalue weighted by molar-refractivity contribution is -0.384. The highest BCUT2D eigenvalue weighted by Crippen LogP contribution is 2.39. The zero-order valence-corrected chi connectivity index (χ0v) is 13.1. The van der Waals surface area contributed by atoms with Gasteiger partial charge in [0.05, 0.1) is 10.4 Å². The molecule has 5 nitrogen and oxygen atoms in total. The van der Waals surface area contributed by atoms with Gasteiger partial charge in [0.2, 0.25) is 5.15 Å². The minimum Gasteiger partial charge on any atom is -0.372 e. The summed E-state index contributed by atoms with van der Waals surface area (Å²) in [5, 5.41) is 15.2. The zero-order chi connectivity index (χ0) is 16.4. The molecule has 0 amide bonds. The number of anilines is 1. The Kier molecular flexibility index (Phi) is 4.12. The van der Waals surface area contributed by atoms with Gasteiger partial charge < -0.3 is 5.32 Å². The molecule has 0 aliphatic rings. The maximum atomic E-state index is 11.4. The van der Waals surface area contributed by atoms with Crippen LogP contribution in [0.5, 0.6) is 0 Å². The first-order chi connectivity index (χ1) is 11.1. The van der Waals surface area contributed by atoms with E-state index >= 15 is 0 Å². The molecule has 3 rings (SSSR count). The summed E-state index contributed by atoms with van der Waals surface area (Å²) >= 11 is 6.04. The molecule has 0 spiro atoms. The van der Waals surface area contributed by atoms with Gasteiger partial charge in [-0.25, -0.2) is 4.98 Å². The van der Waals surface area contributed by atoms with Crippen molar-refractivity contribution < 1.29 is 4.92 Å². The van der Waals surface area contributed by atoms with Crippen LogP contribution >= 0.6 is 11.6 Å². The number of aromatic nitrogens is 1. The van der Waals surface area contributed by atoms with Crippen LogP contribution in [-0.4, -0.2) is 9.91 Å². The Labute approximate surface area is 138 Å². The van der Waals surface area contributed by atoms with Crippen LogP contribution in [0.1, 0.15) is 18.5 Å². The molecule has 1 N–H and O–H groups in total. The van der Waals surface area contributed by atoms with E-state index in [-0.39, 0.29) is 16.9 Å². The van der Waals surface area contributed by atoms with Crippen LogP contribution in [-0.2, 0) is 0 Å². The maximum Gasteiger partial charge on any atom is 0.329 e. The number of fused-ring (bicyclic) bond motifs is 1. The third-order valence-electron chi connectivity index (χ3n) is 3.67. The number of rotatable bonds is 4. The van der Waals surface area contributed by atoms with Crippen LogP contribution in [0.4, 0.5) is 11.4 Å². The highest BCUT2D eigenvalue weighted by Gasteiger charge is 2.24. The molecule has 1 heterocycles. The summed E-state index contributed by atoms with van der Waals surface area (Å²) in [7, 11) is 0.